The first kappa shape index (κ1) is 9.99. The van der Waals surface area contributed by atoms with E-state index in [1.165, 1.54) is 12.1 Å². The third kappa shape index (κ3) is 3.90. The molecule has 0 amide bonds. The van der Waals surface area contributed by atoms with Crippen molar-refractivity contribution in [3.63, 3.8) is 0 Å². The Bertz CT molecular complexity index is 235. The second-order valence-corrected chi connectivity index (χ2v) is 2.63. The third-order valence-electron chi connectivity index (χ3n) is 1.62. The second-order valence-electron chi connectivity index (χ2n) is 2.63. The van der Waals surface area contributed by atoms with Gasteiger partial charge in [0.05, 0.1) is 6.61 Å². The van der Waals surface area contributed by atoms with E-state index in [0.717, 1.165) is 18.8 Å². The molecule has 0 aliphatic rings. The Morgan fingerprint density at radius 1 is 1.31 bits per heavy atom. The molecular weight excluding hydrogens is 169 g/mol. The Morgan fingerprint density at radius 3 is 2.62 bits per heavy atom. The standard InChI is InChI=1S/C10H14FNO/c1-2-13-8-7-12-10-5-3-9(11)4-6-10/h3-6,12H,2,7-8H2,1H3. The normalized spacial score (nSPS) is 10.0. The number of nitrogens with one attached hydrogen (secondary N) is 1. The first-order chi connectivity index (χ1) is 6.33. The molecule has 0 aliphatic heterocycles. The van der Waals surface area contributed by atoms with Gasteiger partial charge in [0, 0.05) is 18.8 Å². The fraction of sp³-hybridized carbons (Fsp3) is 0.400. The van der Waals surface area contributed by atoms with Gasteiger partial charge in [-0.1, -0.05) is 0 Å². The van der Waals surface area contributed by atoms with E-state index in [0.29, 0.717) is 6.61 Å². The summed E-state index contributed by atoms with van der Waals surface area (Å²) in [5.74, 6) is -0.213. The van der Waals surface area contributed by atoms with Crippen LogP contribution in [0.25, 0.3) is 0 Å². The lowest BCUT2D eigenvalue weighted by Crippen LogP contribution is -2.08. The summed E-state index contributed by atoms with van der Waals surface area (Å²) >= 11 is 0. The van der Waals surface area contributed by atoms with E-state index in [-0.39, 0.29) is 5.82 Å². The molecule has 3 heteroatoms. The fourth-order valence-corrected chi connectivity index (χ4v) is 0.980. The highest BCUT2D eigenvalue weighted by Crippen LogP contribution is 2.07. The zero-order chi connectivity index (χ0) is 9.52. The van der Waals surface area contributed by atoms with Crippen molar-refractivity contribution in [2.75, 3.05) is 25.1 Å². The molecule has 0 heterocycles. The summed E-state index contributed by atoms with van der Waals surface area (Å²) in [6, 6.07) is 6.29. The van der Waals surface area contributed by atoms with Crippen molar-refractivity contribution in [3.05, 3.63) is 30.1 Å². The van der Waals surface area contributed by atoms with Crippen LogP contribution in [0.3, 0.4) is 0 Å². The molecule has 2 nitrogen and oxygen atoms in total. The van der Waals surface area contributed by atoms with Gasteiger partial charge in [-0.25, -0.2) is 4.39 Å². The van der Waals surface area contributed by atoms with E-state index in [2.05, 4.69) is 5.32 Å². The van der Waals surface area contributed by atoms with Gasteiger partial charge in [-0.2, -0.15) is 0 Å². The van der Waals surface area contributed by atoms with Gasteiger partial charge < -0.3 is 10.1 Å². The average molecular weight is 183 g/mol. The lowest BCUT2D eigenvalue weighted by atomic mass is 10.3. The molecular formula is C10H14FNO. The summed E-state index contributed by atoms with van der Waals surface area (Å²) < 4.78 is 17.6. The molecule has 1 rings (SSSR count). The molecule has 0 aromatic heterocycles. The Kier molecular flexibility index (Phi) is 4.26. The van der Waals surface area contributed by atoms with Gasteiger partial charge in [0.25, 0.3) is 0 Å². The zero-order valence-corrected chi connectivity index (χ0v) is 7.72. The topological polar surface area (TPSA) is 21.3 Å². The van der Waals surface area contributed by atoms with Crippen LogP contribution in [0.2, 0.25) is 0 Å². The van der Waals surface area contributed by atoms with Gasteiger partial charge in [-0.05, 0) is 31.2 Å². The van der Waals surface area contributed by atoms with Crippen molar-refractivity contribution >= 4 is 5.69 Å². The Balaban J connectivity index is 2.25. The third-order valence-corrected chi connectivity index (χ3v) is 1.62. The van der Waals surface area contributed by atoms with Crippen molar-refractivity contribution in [3.8, 4) is 0 Å². The smallest absolute Gasteiger partial charge is 0.123 e. The molecule has 0 bridgehead atoms. The molecule has 1 aromatic carbocycles. The number of benzene rings is 1. The van der Waals surface area contributed by atoms with Gasteiger partial charge in [0.1, 0.15) is 5.82 Å². The minimum Gasteiger partial charge on any atom is -0.383 e. The SMILES string of the molecule is CCOCCNc1ccc(F)cc1. The molecule has 0 atom stereocenters. The van der Waals surface area contributed by atoms with Gasteiger partial charge >= 0.3 is 0 Å². The van der Waals surface area contributed by atoms with Crippen LogP contribution in [0.5, 0.6) is 0 Å². The fourth-order valence-electron chi connectivity index (χ4n) is 0.980. The molecule has 1 N–H and O–H groups in total. The molecule has 0 fully saturated rings. The van der Waals surface area contributed by atoms with Crippen LogP contribution < -0.4 is 5.32 Å². The molecule has 0 radical (unpaired) electrons. The van der Waals surface area contributed by atoms with E-state index in [1.54, 1.807) is 12.1 Å². The maximum Gasteiger partial charge on any atom is 0.123 e. The Labute approximate surface area is 77.7 Å². The van der Waals surface area contributed by atoms with Crippen LogP contribution >= 0.6 is 0 Å². The molecule has 1 aromatic rings. The number of anilines is 1. The van der Waals surface area contributed by atoms with Gasteiger partial charge in [-0.3, -0.25) is 0 Å². The quantitative estimate of drug-likeness (QED) is 0.707. The van der Waals surface area contributed by atoms with Crippen LogP contribution in [-0.2, 0) is 4.74 Å². The number of ether oxygens (including phenoxy) is 1. The zero-order valence-electron chi connectivity index (χ0n) is 7.72. The van der Waals surface area contributed by atoms with E-state index >= 15 is 0 Å². The molecule has 0 saturated heterocycles. The minimum absolute atomic E-state index is 0.213. The van der Waals surface area contributed by atoms with E-state index < -0.39 is 0 Å². The van der Waals surface area contributed by atoms with Crippen LogP contribution in [-0.4, -0.2) is 19.8 Å². The van der Waals surface area contributed by atoms with Gasteiger partial charge in [0.2, 0.25) is 0 Å². The minimum atomic E-state index is -0.213. The molecule has 0 aliphatic carbocycles. The number of hydrogen-bond donors (Lipinski definition) is 1. The highest BCUT2D eigenvalue weighted by molar-refractivity contribution is 5.42. The Morgan fingerprint density at radius 2 is 2.00 bits per heavy atom. The molecule has 0 saturated carbocycles. The number of hydrogen-bond acceptors (Lipinski definition) is 2. The molecule has 13 heavy (non-hydrogen) atoms. The molecule has 0 spiro atoms. The summed E-state index contributed by atoms with van der Waals surface area (Å²) in [5.41, 5.74) is 0.918. The summed E-state index contributed by atoms with van der Waals surface area (Å²) in [4.78, 5) is 0. The molecule has 72 valence electrons. The van der Waals surface area contributed by atoms with E-state index in [1.807, 2.05) is 6.92 Å². The first-order valence-electron chi connectivity index (χ1n) is 4.40. The Hall–Kier alpha value is -1.09. The highest BCUT2D eigenvalue weighted by atomic mass is 19.1. The van der Waals surface area contributed by atoms with Crippen LogP contribution in [0.15, 0.2) is 24.3 Å². The van der Waals surface area contributed by atoms with Crippen molar-refractivity contribution in [1.29, 1.82) is 0 Å². The number of rotatable bonds is 5. The van der Waals surface area contributed by atoms with E-state index in [4.69, 9.17) is 4.74 Å². The van der Waals surface area contributed by atoms with Gasteiger partial charge in [0.15, 0.2) is 0 Å². The monoisotopic (exact) mass is 183 g/mol. The summed E-state index contributed by atoms with van der Waals surface area (Å²) in [7, 11) is 0. The highest BCUT2D eigenvalue weighted by Gasteiger charge is 1.91. The second kappa shape index (κ2) is 5.54. The van der Waals surface area contributed by atoms with Gasteiger partial charge in [-0.15, -0.1) is 0 Å². The van der Waals surface area contributed by atoms with Crippen LogP contribution in [0, 0.1) is 5.82 Å². The van der Waals surface area contributed by atoms with Crippen molar-refractivity contribution in [1.82, 2.24) is 0 Å². The lowest BCUT2D eigenvalue weighted by molar-refractivity contribution is 0.158. The molecule has 0 unspecified atom stereocenters. The lowest BCUT2D eigenvalue weighted by Gasteiger charge is -2.05. The van der Waals surface area contributed by atoms with E-state index in [9.17, 15) is 4.39 Å². The predicted octanol–water partition coefficient (Wildman–Crippen LogP) is 2.27. The number of halogens is 1. The maximum absolute atomic E-state index is 12.5. The van der Waals surface area contributed by atoms with Crippen LogP contribution in [0.4, 0.5) is 10.1 Å². The average Bonchev–Trinajstić information content (AvgIpc) is 2.15. The van der Waals surface area contributed by atoms with Crippen molar-refractivity contribution in [2.45, 2.75) is 6.92 Å². The summed E-state index contributed by atoms with van der Waals surface area (Å²) in [5, 5.41) is 3.12. The summed E-state index contributed by atoms with van der Waals surface area (Å²) in [6.07, 6.45) is 0. The van der Waals surface area contributed by atoms with Crippen molar-refractivity contribution < 1.29 is 9.13 Å². The maximum atomic E-state index is 12.5. The largest absolute Gasteiger partial charge is 0.383 e. The van der Waals surface area contributed by atoms with Crippen molar-refractivity contribution in [2.24, 2.45) is 0 Å². The predicted molar refractivity (Wildman–Crippen MR) is 51.4 cm³/mol. The summed E-state index contributed by atoms with van der Waals surface area (Å²) in [6.45, 7) is 4.11. The van der Waals surface area contributed by atoms with Crippen LogP contribution in [0.1, 0.15) is 6.92 Å². The first-order valence-corrected chi connectivity index (χ1v) is 4.40.